The van der Waals surface area contributed by atoms with Crippen LogP contribution in [-0.2, 0) is 7.05 Å². The molecule has 0 saturated heterocycles. The van der Waals surface area contributed by atoms with E-state index in [1.807, 2.05) is 12.1 Å². The highest BCUT2D eigenvalue weighted by Gasteiger charge is 2.30. The number of carboxylic acids is 1. The molecule has 2 N–H and O–H groups in total. The van der Waals surface area contributed by atoms with Gasteiger partial charge in [0.2, 0.25) is 0 Å². The molecule has 3 aromatic rings. The van der Waals surface area contributed by atoms with Crippen molar-refractivity contribution in [2.24, 2.45) is 7.05 Å². The number of carbonyl (C=O) groups is 1. The first-order valence-corrected chi connectivity index (χ1v) is 9.79. The van der Waals surface area contributed by atoms with Crippen LogP contribution in [0.4, 0.5) is 5.69 Å². The minimum absolute atomic E-state index is 0.0136. The van der Waals surface area contributed by atoms with Crippen molar-refractivity contribution < 1.29 is 9.90 Å². The van der Waals surface area contributed by atoms with Gasteiger partial charge in [-0.25, -0.2) is 4.79 Å². The van der Waals surface area contributed by atoms with Gasteiger partial charge in [-0.05, 0) is 36.6 Å². The minimum atomic E-state index is -1.10. The highest BCUT2D eigenvalue weighted by molar-refractivity contribution is 6.30. The molecule has 29 heavy (non-hydrogen) atoms. The van der Waals surface area contributed by atoms with Gasteiger partial charge >= 0.3 is 5.97 Å². The molecule has 1 unspecified atom stereocenters. The average Bonchev–Trinajstić information content (AvgIpc) is 3.43. The lowest BCUT2D eigenvalue weighted by atomic mass is 9.98. The minimum Gasteiger partial charge on any atom is -0.476 e. The van der Waals surface area contributed by atoms with E-state index in [0.717, 1.165) is 18.4 Å². The Hall–Kier alpha value is -2.77. The molecule has 0 spiro atoms. The molecular formula is C20H18Cl2N4O3. The van der Waals surface area contributed by atoms with E-state index in [4.69, 9.17) is 23.2 Å². The Kier molecular flexibility index (Phi) is 5.10. The Bertz CT molecular complexity index is 1110. The van der Waals surface area contributed by atoms with E-state index in [9.17, 15) is 14.7 Å². The first-order chi connectivity index (χ1) is 13.8. The Morgan fingerprint density at radius 3 is 2.52 bits per heavy atom. The van der Waals surface area contributed by atoms with Crippen molar-refractivity contribution in [1.82, 2.24) is 14.3 Å². The average molecular weight is 433 g/mol. The van der Waals surface area contributed by atoms with Crippen molar-refractivity contribution in [3.63, 3.8) is 0 Å². The Morgan fingerprint density at radius 2 is 1.93 bits per heavy atom. The summed E-state index contributed by atoms with van der Waals surface area (Å²) in [5, 5.41) is 18.0. The van der Waals surface area contributed by atoms with Gasteiger partial charge < -0.3 is 15.0 Å². The van der Waals surface area contributed by atoms with Crippen molar-refractivity contribution in [2.75, 3.05) is 5.32 Å². The molecular weight excluding hydrogens is 415 g/mol. The van der Waals surface area contributed by atoms with Gasteiger partial charge in [-0.15, -0.1) is 0 Å². The quantitative estimate of drug-likeness (QED) is 0.611. The summed E-state index contributed by atoms with van der Waals surface area (Å²) in [6.45, 7) is 0. The maximum Gasteiger partial charge on any atom is 0.356 e. The van der Waals surface area contributed by atoms with E-state index < -0.39 is 12.0 Å². The molecule has 150 valence electrons. The summed E-state index contributed by atoms with van der Waals surface area (Å²) in [7, 11) is 1.60. The summed E-state index contributed by atoms with van der Waals surface area (Å²) in [4.78, 5) is 23.8. The first-order valence-electron chi connectivity index (χ1n) is 9.04. The van der Waals surface area contributed by atoms with Crippen LogP contribution in [0.25, 0.3) is 0 Å². The third kappa shape index (κ3) is 4.02. The van der Waals surface area contributed by atoms with Gasteiger partial charge in [0.25, 0.3) is 5.56 Å². The molecule has 7 nitrogen and oxygen atoms in total. The summed E-state index contributed by atoms with van der Waals surface area (Å²) in [6.07, 6.45) is 5.35. The summed E-state index contributed by atoms with van der Waals surface area (Å²) in [5.41, 5.74) is 1.58. The normalized spacial score (nSPS) is 14.6. The molecule has 0 bridgehead atoms. The number of carboxylic acid groups (broad SMARTS) is 1. The number of pyridine rings is 1. The van der Waals surface area contributed by atoms with Crippen LogP contribution in [0.5, 0.6) is 0 Å². The fourth-order valence-electron chi connectivity index (χ4n) is 3.22. The van der Waals surface area contributed by atoms with Gasteiger partial charge in [-0.1, -0.05) is 35.3 Å². The smallest absolute Gasteiger partial charge is 0.356 e. The van der Waals surface area contributed by atoms with E-state index >= 15 is 0 Å². The van der Waals surface area contributed by atoms with Crippen LogP contribution in [0.1, 0.15) is 46.5 Å². The van der Waals surface area contributed by atoms with Crippen LogP contribution >= 0.6 is 23.2 Å². The maximum absolute atomic E-state index is 11.9. The van der Waals surface area contributed by atoms with E-state index in [2.05, 4.69) is 10.4 Å². The molecule has 4 rings (SSSR count). The maximum atomic E-state index is 11.9. The number of hydrogen-bond acceptors (Lipinski definition) is 4. The van der Waals surface area contributed by atoms with Gasteiger partial charge in [0.05, 0.1) is 17.8 Å². The predicted octanol–water partition coefficient (Wildman–Crippen LogP) is 4.12. The number of nitrogens with one attached hydrogen (secondary N) is 1. The zero-order valence-electron chi connectivity index (χ0n) is 15.5. The van der Waals surface area contributed by atoms with Crippen LogP contribution in [0.3, 0.4) is 0 Å². The van der Waals surface area contributed by atoms with Gasteiger partial charge in [-0.2, -0.15) is 5.10 Å². The van der Waals surface area contributed by atoms with Gasteiger partial charge in [0.15, 0.2) is 5.69 Å². The van der Waals surface area contributed by atoms with Gasteiger partial charge in [-0.3, -0.25) is 9.48 Å². The lowest BCUT2D eigenvalue weighted by molar-refractivity contribution is 0.0688. The number of benzene rings is 1. The number of nitrogens with zero attached hydrogens (tertiary/aromatic N) is 3. The number of hydrogen-bond donors (Lipinski definition) is 2. The van der Waals surface area contributed by atoms with Crippen molar-refractivity contribution in [1.29, 1.82) is 0 Å². The number of halogens is 2. The van der Waals surface area contributed by atoms with Gasteiger partial charge in [0.1, 0.15) is 5.02 Å². The summed E-state index contributed by atoms with van der Waals surface area (Å²) >= 11 is 12.1. The summed E-state index contributed by atoms with van der Waals surface area (Å²) in [6, 6.07) is 8.36. The van der Waals surface area contributed by atoms with E-state index in [-0.39, 0.29) is 22.3 Å². The topological polar surface area (TPSA) is 89.2 Å². The number of aromatic nitrogens is 3. The second-order valence-corrected chi connectivity index (χ2v) is 7.91. The van der Waals surface area contributed by atoms with E-state index in [1.165, 1.54) is 10.6 Å². The second kappa shape index (κ2) is 7.57. The standard InChI is InChI=1S/C20H18Cl2N4O3/c1-25-9-13(8-16(22)19(25)27)23-17(11-2-4-12(21)5-3-11)15-10-26(14-6-7-14)24-18(15)20(28)29/h2-5,8-10,14,17,23H,6-7H2,1H3,(H,28,29). The Balaban J connectivity index is 1.82. The van der Waals surface area contributed by atoms with Crippen molar-refractivity contribution in [2.45, 2.75) is 24.9 Å². The zero-order valence-corrected chi connectivity index (χ0v) is 17.0. The monoisotopic (exact) mass is 432 g/mol. The Morgan fingerprint density at radius 1 is 1.24 bits per heavy atom. The molecule has 0 radical (unpaired) electrons. The number of anilines is 1. The van der Waals surface area contributed by atoms with Crippen LogP contribution < -0.4 is 10.9 Å². The number of rotatable bonds is 6. The molecule has 1 aromatic carbocycles. The molecule has 2 heterocycles. The summed E-state index contributed by atoms with van der Waals surface area (Å²) < 4.78 is 3.09. The second-order valence-electron chi connectivity index (χ2n) is 7.07. The van der Waals surface area contributed by atoms with E-state index in [1.54, 1.807) is 36.3 Å². The van der Waals surface area contributed by atoms with Crippen molar-refractivity contribution in [3.8, 4) is 0 Å². The van der Waals surface area contributed by atoms with Crippen molar-refractivity contribution in [3.05, 3.63) is 79.9 Å². The van der Waals surface area contributed by atoms with Crippen LogP contribution in [0.15, 0.2) is 47.5 Å². The molecule has 1 aliphatic carbocycles. The number of aromatic carboxylic acids is 1. The molecule has 9 heteroatoms. The highest BCUT2D eigenvalue weighted by atomic mass is 35.5. The SMILES string of the molecule is Cn1cc(NC(c2ccc(Cl)cc2)c2cn(C3CC3)nc2C(=O)O)cc(Cl)c1=O. The molecule has 1 saturated carbocycles. The summed E-state index contributed by atoms with van der Waals surface area (Å²) in [5.74, 6) is -1.10. The molecule has 0 amide bonds. The predicted molar refractivity (Wildman–Crippen MR) is 111 cm³/mol. The number of aryl methyl sites for hydroxylation is 1. The molecule has 1 atom stereocenters. The fourth-order valence-corrected chi connectivity index (χ4v) is 3.60. The molecule has 1 fully saturated rings. The highest BCUT2D eigenvalue weighted by Crippen LogP contribution is 2.37. The molecule has 1 aliphatic rings. The molecule has 0 aliphatic heterocycles. The first kappa shape index (κ1) is 19.5. The van der Waals surface area contributed by atoms with E-state index in [0.29, 0.717) is 16.3 Å². The lowest BCUT2D eigenvalue weighted by Crippen LogP contribution is -2.20. The van der Waals surface area contributed by atoms with Crippen LogP contribution in [0.2, 0.25) is 10.0 Å². The molecule has 2 aromatic heterocycles. The van der Waals surface area contributed by atoms with Gasteiger partial charge in [0, 0.05) is 30.0 Å². The third-order valence-corrected chi connectivity index (χ3v) is 5.37. The zero-order chi connectivity index (χ0) is 20.7. The third-order valence-electron chi connectivity index (χ3n) is 4.85. The largest absolute Gasteiger partial charge is 0.476 e. The Labute approximate surface area is 176 Å². The lowest BCUT2D eigenvalue weighted by Gasteiger charge is -2.21. The van der Waals surface area contributed by atoms with Crippen LogP contribution in [-0.4, -0.2) is 25.4 Å². The van der Waals surface area contributed by atoms with Crippen molar-refractivity contribution >= 4 is 34.9 Å². The fraction of sp³-hybridized carbons (Fsp3) is 0.250. The van der Waals surface area contributed by atoms with Crippen LogP contribution in [0, 0.1) is 0 Å².